The highest BCUT2D eigenvalue weighted by atomic mass is 16.7. The summed E-state index contributed by atoms with van der Waals surface area (Å²) in [6.07, 6.45) is -0.514. The number of carbonyl (C=O) groups is 2. The van der Waals surface area contributed by atoms with E-state index in [4.69, 9.17) is 24.5 Å². The van der Waals surface area contributed by atoms with Crippen molar-refractivity contribution >= 4 is 11.8 Å². The lowest BCUT2D eigenvalue weighted by Crippen LogP contribution is -2.24. The van der Waals surface area contributed by atoms with Gasteiger partial charge in [-0.3, -0.25) is 9.59 Å². The molecule has 0 fully saturated rings. The van der Waals surface area contributed by atoms with Crippen molar-refractivity contribution in [3.63, 3.8) is 0 Å². The molecule has 9 heteroatoms. The molecule has 0 saturated heterocycles. The average molecular weight is 317 g/mol. The molecule has 0 unspecified atom stereocenters. The molecular weight excluding hydrogens is 294 g/mol. The molecule has 0 bridgehead atoms. The minimum atomic E-state index is -0.625. The van der Waals surface area contributed by atoms with Crippen molar-refractivity contribution in [2.75, 3.05) is 40.3 Å². The molecule has 0 aliphatic rings. The van der Waals surface area contributed by atoms with Gasteiger partial charge in [-0.1, -0.05) is 5.11 Å². The van der Waals surface area contributed by atoms with Crippen LogP contribution in [-0.4, -0.2) is 58.1 Å². The number of hydrogen-bond donors (Lipinski definition) is 0. The van der Waals surface area contributed by atoms with E-state index < -0.39 is 12.1 Å². The predicted molar refractivity (Wildman–Crippen MR) is 77.1 cm³/mol. The number of hydrogen-bond acceptors (Lipinski definition) is 7. The molecule has 0 spiro atoms. The van der Waals surface area contributed by atoms with Crippen LogP contribution in [0.25, 0.3) is 10.4 Å². The molecule has 0 aromatic carbocycles. The Morgan fingerprint density at radius 1 is 1.27 bits per heavy atom. The van der Waals surface area contributed by atoms with E-state index in [0.29, 0.717) is 13.2 Å². The first-order valence-corrected chi connectivity index (χ1v) is 7.00. The molecule has 0 radical (unpaired) electrons. The first-order valence-electron chi connectivity index (χ1n) is 7.00. The first-order chi connectivity index (χ1) is 10.6. The molecule has 0 amide bonds. The van der Waals surface area contributed by atoms with Crippen molar-refractivity contribution in [2.45, 2.75) is 32.3 Å². The molecule has 0 aromatic rings. The summed E-state index contributed by atoms with van der Waals surface area (Å²) in [6.45, 7) is 2.79. The molecule has 0 aromatic heterocycles. The van der Waals surface area contributed by atoms with Crippen molar-refractivity contribution in [3.05, 3.63) is 10.4 Å². The summed E-state index contributed by atoms with van der Waals surface area (Å²) in [5, 5.41) is 3.29. The Balaban J connectivity index is 4.22. The van der Waals surface area contributed by atoms with Gasteiger partial charge in [0.25, 0.3) is 0 Å². The highest BCUT2D eigenvalue weighted by molar-refractivity contribution is 5.80. The van der Waals surface area contributed by atoms with Crippen LogP contribution in [0.15, 0.2) is 5.11 Å². The lowest BCUT2D eigenvalue weighted by molar-refractivity contribution is -0.151. The molecule has 1 atom stereocenters. The minimum Gasteiger partial charge on any atom is -0.466 e. The molecule has 0 rings (SSSR count). The number of nitrogens with zero attached hydrogens (tertiary/aromatic N) is 3. The summed E-state index contributed by atoms with van der Waals surface area (Å²) in [4.78, 5) is 25.8. The molecule has 0 aliphatic carbocycles. The molecule has 0 N–H and O–H groups in total. The summed E-state index contributed by atoms with van der Waals surface area (Å²) in [7, 11) is 1.55. The van der Waals surface area contributed by atoms with Gasteiger partial charge in [0.05, 0.1) is 32.3 Å². The normalized spacial score (nSPS) is 11.5. The van der Waals surface area contributed by atoms with E-state index in [1.807, 2.05) is 0 Å². The predicted octanol–water partition coefficient (Wildman–Crippen LogP) is 1.60. The van der Waals surface area contributed by atoms with Gasteiger partial charge in [0.1, 0.15) is 12.6 Å². The van der Waals surface area contributed by atoms with Gasteiger partial charge in [-0.2, -0.15) is 0 Å². The van der Waals surface area contributed by atoms with Gasteiger partial charge in [0, 0.05) is 31.4 Å². The number of methoxy groups -OCH3 is 1. The highest BCUT2D eigenvalue weighted by Gasteiger charge is 2.19. The minimum absolute atomic E-state index is 0.0330. The molecule has 0 saturated carbocycles. The van der Waals surface area contributed by atoms with Gasteiger partial charge in [-0.25, -0.2) is 0 Å². The van der Waals surface area contributed by atoms with Gasteiger partial charge in [-0.15, -0.1) is 0 Å². The van der Waals surface area contributed by atoms with Crippen molar-refractivity contribution in [3.8, 4) is 0 Å². The fourth-order valence-corrected chi connectivity index (χ4v) is 1.52. The summed E-state index contributed by atoms with van der Waals surface area (Å²) >= 11 is 0. The van der Waals surface area contributed by atoms with E-state index >= 15 is 0 Å². The Hall–Kier alpha value is -1.67. The van der Waals surface area contributed by atoms with Crippen molar-refractivity contribution < 1.29 is 28.5 Å². The van der Waals surface area contributed by atoms with Crippen LogP contribution in [0.1, 0.15) is 26.2 Å². The number of carbonyl (C=O) groups excluding carboxylic acids is 2. The van der Waals surface area contributed by atoms with Crippen molar-refractivity contribution in [2.24, 2.45) is 5.11 Å². The van der Waals surface area contributed by atoms with Crippen LogP contribution in [0.4, 0.5) is 0 Å². The van der Waals surface area contributed by atoms with Crippen LogP contribution in [0.2, 0.25) is 0 Å². The Morgan fingerprint density at radius 2 is 2.05 bits per heavy atom. The maximum atomic E-state index is 11.7. The monoisotopic (exact) mass is 317 g/mol. The van der Waals surface area contributed by atoms with Gasteiger partial charge in [0.2, 0.25) is 0 Å². The topological polar surface area (TPSA) is 120 Å². The zero-order chi connectivity index (χ0) is 16.6. The molecular formula is C13H23N3O6. The second kappa shape index (κ2) is 14.3. The quantitative estimate of drug-likeness (QED) is 0.120. The number of ketones is 1. The van der Waals surface area contributed by atoms with E-state index in [-0.39, 0.29) is 45.0 Å². The number of esters is 1. The molecule has 0 aliphatic heterocycles. The van der Waals surface area contributed by atoms with Crippen molar-refractivity contribution in [1.29, 1.82) is 0 Å². The third kappa shape index (κ3) is 12.1. The third-order valence-electron chi connectivity index (χ3n) is 2.53. The van der Waals surface area contributed by atoms with Crippen molar-refractivity contribution in [1.82, 2.24) is 0 Å². The maximum Gasteiger partial charge on any atom is 0.308 e. The van der Waals surface area contributed by atoms with Crippen LogP contribution < -0.4 is 0 Å². The number of ether oxygens (including phenoxy) is 4. The highest BCUT2D eigenvalue weighted by Crippen LogP contribution is 2.08. The number of Topliss-reactive ketones (excluding diaryl/α,β-unsaturated/α-hetero) is 1. The summed E-state index contributed by atoms with van der Waals surface area (Å²) < 4.78 is 20.2. The SMILES string of the molecule is CCOC(=O)C[C@@H](CC(=O)CCN=[N+]=[N-])OCOCCOC. The first kappa shape index (κ1) is 20.3. The third-order valence-corrected chi connectivity index (χ3v) is 2.53. The fourth-order valence-electron chi connectivity index (χ4n) is 1.52. The smallest absolute Gasteiger partial charge is 0.308 e. The summed E-state index contributed by atoms with van der Waals surface area (Å²) in [5.41, 5.74) is 8.16. The Morgan fingerprint density at radius 3 is 2.68 bits per heavy atom. The summed E-state index contributed by atoms with van der Waals surface area (Å²) in [5.74, 6) is -0.592. The summed E-state index contributed by atoms with van der Waals surface area (Å²) in [6, 6.07) is 0. The van der Waals surface area contributed by atoms with E-state index in [0.717, 1.165) is 0 Å². The second-order valence-corrected chi connectivity index (χ2v) is 4.26. The van der Waals surface area contributed by atoms with Gasteiger partial charge < -0.3 is 18.9 Å². The van der Waals surface area contributed by atoms with Crippen LogP contribution in [0, 0.1) is 0 Å². The zero-order valence-electron chi connectivity index (χ0n) is 13.0. The lowest BCUT2D eigenvalue weighted by atomic mass is 10.1. The van der Waals surface area contributed by atoms with Gasteiger partial charge in [0.15, 0.2) is 0 Å². The van der Waals surface area contributed by atoms with E-state index in [9.17, 15) is 9.59 Å². The Bertz CT molecular complexity index is 371. The largest absolute Gasteiger partial charge is 0.466 e. The molecule has 22 heavy (non-hydrogen) atoms. The average Bonchev–Trinajstić information content (AvgIpc) is 2.47. The number of rotatable bonds is 14. The van der Waals surface area contributed by atoms with E-state index in [1.54, 1.807) is 14.0 Å². The van der Waals surface area contributed by atoms with Gasteiger partial charge >= 0.3 is 5.97 Å². The van der Waals surface area contributed by atoms with Crippen LogP contribution in [0.3, 0.4) is 0 Å². The maximum absolute atomic E-state index is 11.7. The van der Waals surface area contributed by atoms with E-state index in [1.165, 1.54) is 0 Å². The fraction of sp³-hybridized carbons (Fsp3) is 0.846. The van der Waals surface area contributed by atoms with Crippen LogP contribution in [0.5, 0.6) is 0 Å². The standard InChI is InChI=1S/C13H23N3O6/c1-3-21-13(18)9-12(22-10-20-7-6-19-2)8-11(17)4-5-15-16-14/h12H,3-10H2,1-2H3/t12-/m1/s1. The van der Waals surface area contributed by atoms with Gasteiger partial charge in [-0.05, 0) is 12.5 Å². The van der Waals surface area contributed by atoms with E-state index in [2.05, 4.69) is 10.0 Å². The molecule has 126 valence electrons. The Labute approximate surface area is 129 Å². The molecule has 0 heterocycles. The number of azide groups is 1. The van der Waals surface area contributed by atoms with Crippen LogP contribution >= 0.6 is 0 Å². The Kier molecular flexibility index (Phi) is 13.2. The molecule has 9 nitrogen and oxygen atoms in total. The zero-order valence-corrected chi connectivity index (χ0v) is 13.0. The second-order valence-electron chi connectivity index (χ2n) is 4.26. The lowest BCUT2D eigenvalue weighted by Gasteiger charge is -2.16. The van der Waals surface area contributed by atoms with Crippen LogP contribution in [-0.2, 0) is 28.5 Å².